The van der Waals surface area contributed by atoms with Crippen LogP contribution in [0.3, 0.4) is 0 Å². The molecule has 3 heteroatoms. The molecule has 0 aromatic heterocycles. The van der Waals surface area contributed by atoms with E-state index in [9.17, 15) is 0 Å². The van der Waals surface area contributed by atoms with Gasteiger partial charge in [0.15, 0.2) is 0 Å². The second-order valence-electron chi connectivity index (χ2n) is 5.32. The fourth-order valence-corrected chi connectivity index (χ4v) is 4.70. The molecule has 0 spiro atoms. The van der Waals surface area contributed by atoms with E-state index >= 15 is 0 Å². The molecule has 98 valence electrons. The Balaban J connectivity index is 1.60. The molecule has 1 fully saturated rings. The van der Waals surface area contributed by atoms with E-state index in [4.69, 9.17) is 0 Å². The Morgan fingerprint density at radius 3 is 2.78 bits per heavy atom. The zero-order valence-corrected chi connectivity index (χ0v) is 13.0. The molecule has 1 heterocycles. The highest BCUT2D eigenvalue weighted by molar-refractivity contribution is 9.09. The zero-order valence-electron chi connectivity index (χ0n) is 10.6. The van der Waals surface area contributed by atoms with Crippen LogP contribution in [0.15, 0.2) is 29.2 Å². The number of benzene rings is 1. The van der Waals surface area contributed by atoms with Crippen LogP contribution in [-0.2, 0) is 6.42 Å². The topological polar surface area (TPSA) is 3.24 Å². The van der Waals surface area contributed by atoms with Crippen molar-refractivity contribution in [3.8, 4) is 0 Å². The van der Waals surface area contributed by atoms with Crippen molar-refractivity contribution in [3.63, 3.8) is 0 Å². The second kappa shape index (κ2) is 5.98. The highest BCUT2D eigenvalue weighted by atomic mass is 79.9. The fourth-order valence-electron chi connectivity index (χ4n) is 2.90. The summed E-state index contributed by atoms with van der Waals surface area (Å²) in [5, 5.41) is 1.87. The van der Waals surface area contributed by atoms with Gasteiger partial charge in [0.1, 0.15) is 0 Å². The van der Waals surface area contributed by atoms with Crippen LogP contribution in [0.5, 0.6) is 0 Å². The predicted molar refractivity (Wildman–Crippen MR) is 82.8 cm³/mol. The van der Waals surface area contributed by atoms with Gasteiger partial charge in [0.05, 0.1) is 0 Å². The number of rotatable bonds is 5. The standard InChI is InChI=1S/C15H20BrNS/c16-8-9-17(13-5-3-6-13)11-14-10-12-4-1-2-7-15(12)18-14/h1-2,4,7,13-14H,3,5-6,8-11H2. The van der Waals surface area contributed by atoms with Crippen molar-refractivity contribution in [2.45, 2.75) is 41.9 Å². The highest BCUT2D eigenvalue weighted by Gasteiger charge is 2.29. The summed E-state index contributed by atoms with van der Waals surface area (Å²) >= 11 is 5.69. The van der Waals surface area contributed by atoms with Crippen LogP contribution in [0.1, 0.15) is 24.8 Å². The summed E-state index contributed by atoms with van der Waals surface area (Å²) in [6.07, 6.45) is 5.52. The fraction of sp³-hybridized carbons (Fsp3) is 0.600. The van der Waals surface area contributed by atoms with Crippen LogP contribution in [-0.4, -0.2) is 34.6 Å². The molecule has 1 saturated carbocycles. The molecule has 18 heavy (non-hydrogen) atoms. The number of thioether (sulfide) groups is 1. The van der Waals surface area contributed by atoms with Gasteiger partial charge in [0, 0.05) is 34.6 Å². The minimum Gasteiger partial charge on any atom is -0.298 e. The second-order valence-corrected chi connectivity index (χ2v) is 7.46. The number of halogens is 1. The van der Waals surface area contributed by atoms with Gasteiger partial charge in [0.2, 0.25) is 0 Å². The normalized spacial score (nSPS) is 23.1. The van der Waals surface area contributed by atoms with E-state index in [2.05, 4.69) is 56.9 Å². The average molecular weight is 326 g/mol. The first-order valence-electron chi connectivity index (χ1n) is 6.91. The van der Waals surface area contributed by atoms with E-state index in [-0.39, 0.29) is 0 Å². The lowest BCUT2D eigenvalue weighted by Crippen LogP contribution is -2.44. The number of nitrogens with zero attached hydrogens (tertiary/aromatic N) is 1. The minimum atomic E-state index is 0.766. The van der Waals surface area contributed by atoms with Crippen molar-refractivity contribution in [1.29, 1.82) is 0 Å². The quantitative estimate of drug-likeness (QED) is 0.754. The third-order valence-electron chi connectivity index (χ3n) is 4.11. The Morgan fingerprint density at radius 2 is 2.11 bits per heavy atom. The first-order chi connectivity index (χ1) is 8.86. The molecule has 1 aromatic rings. The van der Waals surface area contributed by atoms with Gasteiger partial charge in [-0.25, -0.2) is 0 Å². The largest absolute Gasteiger partial charge is 0.298 e. The van der Waals surface area contributed by atoms with E-state index in [1.54, 1.807) is 5.56 Å². The molecular weight excluding hydrogens is 306 g/mol. The molecular formula is C15H20BrNS. The van der Waals surface area contributed by atoms with Gasteiger partial charge in [0.25, 0.3) is 0 Å². The van der Waals surface area contributed by atoms with E-state index in [0.717, 1.165) is 16.6 Å². The number of alkyl halides is 1. The van der Waals surface area contributed by atoms with E-state index in [1.807, 2.05) is 0 Å². The van der Waals surface area contributed by atoms with Crippen molar-refractivity contribution in [3.05, 3.63) is 29.8 Å². The summed E-state index contributed by atoms with van der Waals surface area (Å²) in [6, 6.07) is 9.77. The van der Waals surface area contributed by atoms with Gasteiger partial charge < -0.3 is 0 Å². The van der Waals surface area contributed by atoms with Gasteiger partial charge in [-0.3, -0.25) is 4.90 Å². The Labute approximate surface area is 122 Å². The third kappa shape index (κ3) is 2.78. The van der Waals surface area contributed by atoms with E-state index < -0.39 is 0 Å². The van der Waals surface area contributed by atoms with Crippen molar-refractivity contribution in [1.82, 2.24) is 4.90 Å². The molecule has 1 nitrogen and oxygen atoms in total. The molecule has 1 aliphatic heterocycles. The average Bonchev–Trinajstić information content (AvgIpc) is 2.69. The number of hydrogen-bond donors (Lipinski definition) is 0. The lowest BCUT2D eigenvalue weighted by Gasteiger charge is -2.38. The molecule has 1 aromatic carbocycles. The van der Waals surface area contributed by atoms with Crippen LogP contribution in [0.4, 0.5) is 0 Å². The monoisotopic (exact) mass is 325 g/mol. The maximum atomic E-state index is 3.60. The van der Waals surface area contributed by atoms with Crippen LogP contribution in [0.25, 0.3) is 0 Å². The smallest absolute Gasteiger partial charge is 0.0263 e. The summed E-state index contributed by atoms with van der Waals surface area (Å²) in [4.78, 5) is 4.22. The molecule has 2 aliphatic rings. The SMILES string of the molecule is BrCCN(CC1Cc2ccccc2S1)C1CCC1. The van der Waals surface area contributed by atoms with Gasteiger partial charge >= 0.3 is 0 Å². The molecule has 0 radical (unpaired) electrons. The molecule has 0 saturated heterocycles. The number of hydrogen-bond acceptors (Lipinski definition) is 2. The molecule has 1 atom stereocenters. The zero-order chi connectivity index (χ0) is 12.4. The molecule has 1 unspecified atom stereocenters. The van der Waals surface area contributed by atoms with Crippen molar-refractivity contribution >= 4 is 27.7 Å². The Kier molecular flexibility index (Phi) is 4.32. The lowest BCUT2D eigenvalue weighted by molar-refractivity contribution is 0.136. The maximum absolute atomic E-state index is 3.60. The van der Waals surface area contributed by atoms with E-state index in [0.29, 0.717) is 0 Å². The molecule has 3 rings (SSSR count). The lowest BCUT2D eigenvalue weighted by atomic mass is 9.91. The predicted octanol–water partition coefficient (Wildman–Crippen LogP) is 3.95. The van der Waals surface area contributed by atoms with Gasteiger partial charge in [-0.1, -0.05) is 40.5 Å². The van der Waals surface area contributed by atoms with Crippen molar-refractivity contribution in [2.75, 3.05) is 18.4 Å². The summed E-state index contributed by atoms with van der Waals surface area (Å²) in [6.45, 7) is 2.47. The first-order valence-corrected chi connectivity index (χ1v) is 8.91. The van der Waals surface area contributed by atoms with Gasteiger partial charge in [-0.05, 0) is 30.9 Å². The highest BCUT2D eigenvalue weighted by Crippen LogP contribution is 2.38. The minimum absolute atomic E-state index is 0.766. The van der Waals surface area contributed by atoms with Crippen LogP contribution in [0.2, 0.25) is 0 Å². The molecule has 0 N–H and O–H groups in total. The van der Waals surface area contributed by atoms with Crippen LogP contribution in [0, 0.1) is 0 Å². The summed E-state index contributed by atoms with van der Waals surface area (Å²) in [5.41, 5.74) is 1.56. The molecule has 0 amide bonds. The molecule has 1 aliphatic carbocycles. The van der Waals surface area contributed by atoms with E-state index in [1.165, 1.54) is 43.7 Å². The van der Waals surface area contributed by atoms with Crippen LogP contribution < -0.4 is 0 Å². The summed E-state index contributed by atoms with van der Waals surface area (Å²) < 4.78 is 0. The van der Waals surface area contributed by atoms with Crippen molar-refractivity contribution < 1.29 is 0 Å². The van der Waals surface area contributed by atoms with Gasteiger partial charge in [-0.2, -0.15) is 0 Å². The first kappa shape index (κ1) is 13.0. The molecule has 0 bridgehead atoms. The Morgan fingerprint density at radius 1 is 1.28 bits per heavy atom. The summed E-state index contributed by atoms with van der Waals surface area (Å²) in [7, 11) is 0. The third-order valence-corrected chi connectivity index (χ3v) is 5.77. The Bertz CT molecular complexity index is 380. The maximum Gasteiger partial charge on any atom is 0.0263 e. The van der Waals surface area contributed by atoms with Crippen molar-refractivity contribution in [2.24, 2.45) is 0 Å². The Hall–Kier alpha value is 0.01000. The summed E-state index contributed by atoms with van der Waals surface area (Å²) in [5.74, 6) is 0. The van der Waals surface area contributed by atoms with Gasteiger partial charge in [-0.15, -0.1) is 11.8 Å². The van der Waals surface area contributed by atoms with Crippen LogP contribution >= 0.6 is 27.7 Å². The number of fused-ring (bicyclic) bond motifs is 1.